The highest BCUT2D eigenvalue weighted by Crippen LogP contribution is 2.33. The Kier molecular flexibility index (Phi) is 3.69. The van der Waals surface area contributed by atoms with Crippen LogP contribution < -0.4 is 10.2 Å². The van der Waals surface area contributed by atoms with Crippen molar-refractivity contribution in [2.75, 3.05) is 19.8 Å². The topological polar surface area (TPSA) is 74.1 Å². The maximum Gasteiger partial charge on any atom is 0.329 e. The van der Waals surface area contributed by atoms with Crippen LogP contribution in [0.25, 0.3) is 0 Å². The van der Waals surface area contributed by atoms with Gasteiger partial charge in [0.15, 0.2) is 6.67 Å². The van der Waals surface area contributed by atoms with Gasteiger partial charge in [0.05, 0.1) is 6.54 Å². The monoisotopic (exact) mass is 282 g/mol. The van der Waals surface area contributed by atoms with Gasteiger partial charge in [0.25, 0.3) is 5.91 Å². The van der Waals surface area contributed by atoms with Gasteiger partial charge in [-0.05, 0) is 25.7 Å². The summed E-state index contributed by atoms with van der Waals surface area (Å²) in [7, 11) is 0. The number of carbonyl (C=O) groups is 2. The summed E-state index contributed by atoms with van der Waals surface area (Å²) in [4.78, 5) is 27.2. The summed E-state index contributed by atoms with van der Waals surface area (Å²) in [5.74, 6) is -0.0465. The Hall–Kier alpha value is -1.14. The van der Waals surface area contributed by atoms with Gasteiger partial charge in [0, 0.05) is 0 Å². The quantitative estimate of drug-likeness (QED) is 0.583. The molecular weight excluding hydrogens is 258 g/mol. The number of rotatable bonds is 2. The summed E-state index contributed by atoms with van der Waals surface area (Å²) in [5.41, 5.74) is -0.622. The standard InChI is InChI=1S/C14H23N3O3/c18-11-5-4-8-16(9-11)10-17-12(19)14(15-13(17)20)6-2-1-3-7-14/h11,18H,1-10H2,(H,15,20)/p+1/t11-/m1/s1. The van der Waals surface area contributed by atoms with E-state index in [0.29, 0.717) is 13.2 Å². The van der Waals surface area contributed by atoms with Crippen molar-refractivity contribution in [3.05, 3.63) is 0 Å². The van der Waals surface area contributed by atoms with Gasteiger partial charge in [-0.3, -0.25) is 4.79 Å². The van der Waals surface area contributed by atoms with Crippen LogP contribution in [-0.4, -0.2) is 53.3 Å². The normalized spacial score (nSPS) is 33.5. The number of hydrogen-bond acceptors (Lipinski definition) is 3. The first kappa shape index (κ1) is 13.8. The molecule has 6 nitrogen and oxygen atoms in total. The summed E-state index contributed by atoms with van der Waals surface area (Å²) in [6.45, 7) is 1.94. The Labute approximate surface area is 119 Å². The number of urea groups is 1. The molecule has 2 atom stereocenters. The maximum atomic E-state index is 12.6. The van der Waals surface area contributed by atoms with E-state index < -0.39 is 5.54 Å². The molecule has 2 heterocycles. The smallest absolute Gasteiger partial charge is 0.329 e. The van der Waals surface area contributed by atoms with Crippen molar-refractivity contribution in [1.29, 1.82) is 0 Å². The van der Waals surface area contributed by atoms with Crippen molar-refractivity contribution in [2.45, 2.75) is 56.6 Å². The minimum absolute atomic E-state index is 0.0465. The molecule has 6 heteroatoms. The SMILES string of the molecule is O=C1NC2(CCCCC2)C(=O)N1C[NH+]1CCC[C@@H](O)C1. The van der Waals surface area contributed by atoms with Crippen molar-refractivity contribution < 1.29 is 19.6 Å². The van der Waals surface area contributed by atoms with Crippen LogP contribution in [-0.2, 0) is 4.79 Å². The second kappa shape index (κ2) is 5.33. The van der Waals surface area contributed by atoms with Crippen LogP contribution >= 0.6 is 0 Å². The number of quaternary nitrogens is 1. The first-order valence-corrected chi connectivity index (χ1v) is 7.76. The second-order valence-electron chi connectivity index (χ2n) is 6.46. The molecule has 1 spiro atoms. The van der Waals surface area contributed by atoms with Crippen molar-refractivity contribution in [3.63, 3.8) is 0 Å². The van der Waals surface area contributed by atoms with Crippen LogP contribution in [0, 0.1) is 0 Å². The fraction of sp³-hybridized carbons (Fsp3) is 0.857. The predicted octanol–water partition coefficient (Wildman–Crippen LogP) is -0.762. The van der Waals surface area contributed by atoms with Crippen LogP contribution in [0.1, 0.15) is 44.9 Å². The molecule has 3 rings (SSSR count). The number of aliphatic hydroxyl groups excluding tert-OH is 1. The molecule has 3 fully saturated rings. The molecule has 112 valence electrons. The van der Waals surface area contributed by atoms with Crippen LogP contribution in [0.15, 0.2) is 0 Å². The Morgan fingerprint density at radius 1 is 1.25 bits per heavy atom. The Bertz CT molecular complexity index is 406. The molecule has 3 N–H and O–H groups in total. The lowest BCUT2D eigenvalue weighted by Gasteiger charge is -2.32. The molecule has 0 radical (unpaired) electrons. The fourth-order valence-electron chi connectivity index (χ4n) is 3.81. The Balaban J connectivity index is 1.67. The maximum absolute atomic E-state index is 12.6. The van der Waals surface area contributed by atoms with Gasteiger partial charge in [-0.2, -0.15) is 0 Å². The molecule has 3 amide bonds. The molecular formula is C14H24N3O3+. The summed E-state index contributed by atoms with van der Waals surface area (Å²) >= 11 is 0. The average Bonchev–Trinajstić information content (AvgIpc) is 2.64. The largest absolute Gasteiger partial charge is 0.387 e. The van der Waals surface area contributed by atoms with Gasteiger partial charge >= 0.3 is 6.03 Å². The first-order chi connectivity index (χ1) is 9.61. The number of carbonyl (C=O) groups excluding carboxylic acids is 2. The van der Waals surface area contributed by atoms with Gasteiger partial charge < -0.3 is 15.3 Å². The molecule has 3 aliphatic rings. The minimum atomic E-state index is -0.622. The minimum Gasteiger partial charge on any atom is -0.387 e. The van der Waals surface area contributed by atoms with E-state index in [1.54, 1.807) is 0 Å². The summed E-state index contributed by atoms with van der Waals surface area (Å²) in [5, 5.41) is 12.6. The highest BCUT2D eigenvalue weighted by Gasteiger charge is 2.52. The summed E-state index contributed by atoms with van der Waals surface area (Å²) < 4.78 is 0. The van der Waals surface area contributed by atoms with Crippen LogP contribution in [0.2, 0.25) is 0 Å². The zero-order valence-corrected chi connectivity index (χ0v) is 11.9. The van der Waals surface area contributed by atoms with E-state index in [4.69, 9.17) is 0 Å². The highest BCUT2D eigenvalue weighted by atomic mass is 16.3. The van der Waals surface area contributed by atoms with Crippen molar-refractivity contribution in [1.82, 2.24) is 10.2 Å². The molecule has 20 heavy (non-hydrogen) atoms. The molecule has 1 unspecified atom stereocenters. The number of imide groups is 1. The molecule has 0 aromatic heterocycles. The number of nitrogens with one attached hydrogen (secondary N) is 2. The fourth-order valence-corrected chi connectivity index (χ4v) is 3.81. The lowest BCUT2D eigenvalue weighted by atomic mass is 9.82. The third-order valence-electron chi connectivity index (χ3n) is 4.93. The van der Waals surface area contributed by atoms with Crippen LogP contribution in [0.5, 0.6) is 0 Å². The molecule has 0 bridgehead atoms. The summed E-state index contributed by atoms with van der Waals surface area (Å²) in [6.07, 6.45) is 6.18. The predicted molar refractivity (Wildman–Crippen MR) is 72.0 cm³/mol. The van der Waals surface area contributed by atoms with E-state index in [9.17, 15) is 14.7 Å². The van der Waals surface area contributed by atoms with E-state index in [0.717, 1.165) is 56.4 Å². The van der Waals surface area contributed by atoms with Crippen LogP contribution in [0.4, 0.5) is 4.79 Å². The van der Waals surface area contributed by atoms with Gasteiger partial charge in [-0.15, -0.1) is 0 Å². The first-order valence-electron chi connectivity index (χ1n) is 7.76. The number of piperidine rings is 1. The van der Waals surface area contributed by atoms with Crippen molar-refractivity contribution in [2.24, 2.45) is 0 Å². The lowest BCUT2D eigenvalue weighted by Crippen LogP contribution is -3.15. The number of likely N-dealkylation sites (tertiary alicyclic amines) is 1. The highest BCUT2D eigenvalue weighted by molar-refractivity contribution is 6.06. The zero-order chi connectivity index (χ0) is 14.2. The summed E-state index contributed by atoms with van der Waals surface area (Å²) in [6, 6.07) is -0.246. The second-order valence-corrected chi connectivity index (χ2v) is 6.46. The van der Waals surface area contributed by atoms with E-state index >= 15 is 0 Å². The number of nitrogens with zero attached hydrogens (tertiary/aromatic N) is 1. The van der Waals surface area contributed by atoms with E-state index in [1.807, 2.05) is 0 Å². The number of aliphatic hydroxyl groups is 1. The zero-order valence-electron chi connectivity index (χ0n) is 11.9. The third-order valence-corrected chi connectivity index (χ3v) is 4.93. The van der Waals surface area contributed by atoms with E-state index in [1.165, 1.54) is 4.90 Å². The van der Waals surface area contributed by atoms with Gasteiger partial charge in [-0.1, -0.05) is 19.3 Å². The molecule has 2 saturated heterocycles. The third kappa shape index (κ3) is 2.42. The van der Waals surface area contributed by atoms with Gasteiger partial charge in [-0.25, -0.2) is 9.69 Å². The molecule has 0 aromatic rings. The van der Waals surface area contributed by atoms with E-state index in [-0.39, 0.29) is 18.0 Å². The average molecular weight is 282 g/mol. The van der Waals surface area contributed by atoms with E-state index in [2.05, 4.69) is 5.32 Å². The Morgan fingerprint density at radius 3 is 2.70 bits per heavy atom. The number of amides is 3. The van der Waals surface area contributed by atoms with Crippen LogP contribution in [0.3, 0.4) is 0 Å². The van der Waals surface area contributed by atoms with Crippen molar-refractivity contribution in [3.8, 4) is 0 Å². The van der Waals surface area contributed by atoms with Gasteiger partial charge in [0.2, 0.25) is 0 Å². The van der Waals surface area contributed by atoms with Gasteiger partial charge in [0.1, 0.15) is 18.2 Å². The molecule has 2 aliphatic heterocycles. The molecule has 1 saturated carbocycles. The lowest BCUT2D eigenvalue weighted by molar-refractivity contribution is -0.915. The molecule has 0 aromatic carbocycles. The van der Waals surface area contributed by atoms with Crippen molar-refractivity contribution >= 4 is 11.9 Å². The number of hydrogen-bond donors (Lipinski definition) is 3. The molecule has 1 aliphatic carbocycles. The Morgan fingerprint density at radius 2 is 2.00 bits per heavy atom.